The summed E-state index contributed by atoms with van der Waals surface area (Å²) in [5.74, 6) is -1.39. The first-order chi connectivity index (χ1) is 7.80. The molecule has 2 heterocycles. The van der Waals surface area contributed by atoms with Crippen molar-refractivity contribution in [3.63, 3.8) is 0 Å². The number of fused-ring (bicyclic) bond motifs is 1. The van der Waals surface area contributed by atoms with E-state index in [1.54, 1.807) is 27.7 Å². The molecule has 98 valence electrons. The van der Waals surface area contributed by atoms with Gasteiger partial charge in [-0.1, -0.05) is 0 Å². The molecule has 2 aliphatic rings. The maximum Gasteiger partial charge on any atom is 0.338 e. The molecule has 2 saturated heterocycles. The minimum atomic E-state index is -1.06. The molecule has 2 aliphatic heterocycles. The van der Waals surface area contributed by atoms with Crippen LogP contribution in [-0.2, 0) is 23.7 Å². The Morgan fingerprint density at radius 2 is 2.00 bits per heavy atom. The lowest BCUT2D eigenvalue weighted by Gasteiger charge is -2.22. The van der Waals surface area contributed by atoms with Gasteiger partial charge in [0.15, 0.2) is 18.2 Å². The Balaban J connectivity index is 2.00. The van der Waals surface area contributed by atoms with E-state index in [1.165, 1.54) is 0 Å². The molecule has 0 unspecified atom stereocenters. The molecule has 2 fully saturated rings. The van der Waals surface area contributed by atoms with Crippen LogP contribution in [0.2, 0.25) is 0 Å². The van der Waals surface area contributed by atoms with Crippen molar-refractivity contribution in [2.45, 2.75) is 64.2 Å². The summed E-state index contributed by atoms with van der Waals surface area (Å²) in [6.45, 7) is 6.91. The van der Waals surface area contributed by atoms with Crippen molar-refractivity contribution in [1.82, 2.24) is 0 Å². The minimum Gasteiger partial charge on any atom is -0.461 e. The molecule has 0 aromatic heterocycles. The fourth-order valence-electron chi connectivity index (χ4n) is 1.99. The highest BCUT2D eigenvalue weighted by atomic mass is 16.8. The summed E-state index contributed by atoms with van der Waals surface area (Å²) in [4.78, 5) is 11.6. The summed E-state index contributed by atoms with van der Waals surface area (Å²) in [7, 11) is 0. The summed E-state index contributed by atoms with van der Waals surface area (Å²) in [6.07, 6.45) is -3.71. The molecule has 0 amide bonds. The topological polar surface area (TPSA) is 74.2 Å². The van der Waals surface area contributed by atoms with Crippen LogP contribution in [0, 0.1) is 0 Å². The van der Waals surface area contributed by atoms with Gasteiger partial charge in [0, 0.05) is 0 Å². The number of carbonyl (C=O) groups is 1. The average Bonchev–Trinajstić information content (AvgIpc) is 2.60. The van der Waals surface area contributed by atoms with Crippen LogP contribution in [0.3, 0.4) is 0 Å². The van der Waals surface area contributed by atoms with Crippen molar-refractivity contribution in [2.75, 3.05) is 0 Å². The van der Waals surface area contributed by atoms with E-state index in [2.05, 4.69) is 0 Å². The van der Waals surface area contributed by atoms with Gasteiger partial charge in [-0.25, -0.2) is 4.79 Å². The highest BCUT2D eigenvalue weighted by Crippen LogP contribution is 2.37. The van der Waals surface area contributed by atoms with Gasteiger partial charge in [-0.2, -0.15) is 0 Å². The predicted molar refractivity (Wildman–Crippen MR) is 55.9 cm³/mol. The lowest BCUT2D eigenvalue weighted by Crippen LogP contribution is -2.40. The smallest absolute Gasteiger partial charge is 0.338 e. The van der Waals surface area contributed by atoms with Crippen LogP contribution in [0.25, 0.3) is 0 Å². The Hall–Kier alpha value is -0.690. The Labute approximate surface area is 99.8 Å². The molecule has 17 heavy (non-hydrogen) atoms. The summed E-state index contributed by atoms with van der Waals surface area (Å²) in [6, 6.07) is 0. The summed E-state index contributed by atoms with van der Waals surface area (Å²) < 4.78 is 21.2. The van der Waals surface area contributed by atoms with Gasteiger partial charge in [0.1, 0.15) is 12.2 Å². The van der Waals surface area contributed by atoms with Crippen LogP contribution in [0.15, 0.2) is 0 Å². The van der Waals surface area contributed by atoms with Crippen LogP contribution < -0.4 is 0 Å². The highest BCUT2D eigenvalue weighted by molar-refractivity contribution is 5.76. The lowest BCUT2D eigenvalue weighted by molar-refractivity contribution is -0.221. The molecular weight excluding hydrogens is 228 g/mol. The Kier molecular flexibility index (Phi) is 3.15. The van der Waals surface area contributed by atoms with Crippen LogP contribution in [-0.4, -0.2) is 47.6 Å². The number of aliphatic hydroxyl groups excluding tert-OH is 1. The number of ether oxygens (including phenoxy) is 4. The summed E-state index contributed by atoms with van der Waals surface area (Å²) in [5, 5.41) is 9.94. The molecule has 0 spiro atoms. The number of aliphatic hydroxyl groups is 1. The molecule has 0 bridgehead atoms. The molecule has 6 heteroatoms. The zero-order valence-electron chi connectivity index (χ0n) is 10.4. The normalized spacial score (nSPS) is 39.4. The van der Waals surface area contributed by atoms with Crippen LogP contribution in [0.1, 0.15) is 27.7 Å². The number of hydrogen-bond acceptors (Lipinski definition) is 6. The first-order valence-corrected chi connectivity index (χ1v) is 5.70. The molecule has 0 aromatic carbocycles. The monoisotopic (exact) mass is 246 g/mol. The second-order valence-electron chi connectivity index (χ2n) is 5.00. The number of rotatable bonds is 2. The van der Waals surface area contributed by atoms with Crippen molar-refractivity contribution < 1.29 is 28.8 Å². The maximum atomic E-state index is 11.6. The van der Waals surface area contributed by atoms with Gasteiger partial charge in [0.2, 0.25) is 0 Å². The van der Waals surface area contributed by atoms with Gasteiger partial charge in [0.25, 0.3) is 0 Å². The van der Waals surface area contributed by atoms with E-state index in [1.807, 2.05) is 0 Å². The Morgan fingerprint density at radius 3 is 2.53 bits per heavy atom. The van der Waals surface area contributed by atoms with Gasteiger partial charge in [-0.05, 0) is 27.7 Å². The standard InChI is InChI=1S/C11H18O6/c1-5(2)14-9(13)7-6(12)8-10(15-7)17-11(3,4)16-8/h5-8,10,12H,1-4H3/t6-,7-,8+,10+/m0/s1. The van der Waals surface area contributed by atoms with Crippen molar-refractivity contribution in [3.05, 3.63) is 0 Å². The van der Waals surface area contributed by atoms with Gasteiger partial charge >= 0.3 is 5.97 Å². The van der Waals surface area contributed by atoms with Gasteiger partial charge < -0.3 is 24.1 Å². The largest absolute Gasteiger partial charge is 0.461 e. The molecule has 0 radical (unpaired) electrons. The second kappa shape index (κ2) is 4.20. The van der Waals surface area contributed by atoms with E-state index in [0.717, 1.165) is 0 Å². The van der Waals surface area contributed by atoms with Crippen LogP contribution >= 0.6 is 0 Å². The molecule has 6 nitrogen and oxygen atoms in total. The van der Waals surface area contributed by atoms with Crippen molar-refractivity contribution in [2.24, 2.45) is 0 Å². The second-order valence-corrected chi connectivity index (χ2v) is 5.00. The molecule has 0 aliphatic carbocycles. The summed E-state index contributed by atoms with van der Waals surface area (Å²) >= 11 is 0. The third-order valence-corrected chi connectivity index (χ3v) is 2.60. The van der Waals surface area contributed by atoms with E-state index >= 15 is 0 Å². The number of hydrogen-bond donors (Lipinski definition) is 1. The van der Waals surface area contributed by atoms with Crippen LogP contribution in [0.5, 0.6) is 0 Å². The zero-order chi connectivity index (χ0) is 12.8. The Morgan fingerprint density at radius 1 is 1.35 bits per heavy atom. The first kappa shape index (κ1) is 12.8. The van der Waals surface area contributed by atoms with Crippen molar-refractivity contribution in [3.8, 4) is 0 Å². The molecule has 1 N–H and O–H groups in total. The van der Waals surface area contributed by atoms with Crippen LogP contribution in [0.4, 0.5) is 0 Å². The fourth-order valence-corrected chi connectivity index (χ4v) is 1.99. The fraction of sp³-hybridized carbons (Fsp3) is 0.909. The number of carbonyl (C=O) groups excluding carboxylic acids is 1. The Bertz CT molecular complexity index is 313. The minimum absolute atomic E-state index is 0.253. The van der Waals surface area contributed by atoms with Gasteiger partial charge in [-0.15, -0.1) is 0 Å². The lowest BCUT2D eigenvalue weighted by atomic mass is 10.1. The maximum absolute atomic E-state index is 11.6. The summed E-state index contributed by atoms with van der Waals surface area (Å²) in [5.41, 5.74) is 0. The molecule has 0 saturated carbocycles. The molecule has 2 rings (SSSR count). The zero-order valence-corrected chi connectivity index (χ0v) is 10.4. The third-order valence-electron chi connectivity index (χ3n) is 2.60. The van der Waals surface area contributed by atoms with Crippen molar-refractivity contribution >= 4 is 5.97 Å². The van der Waals surface area contributed by atoms with E-state index < -0.39 is 36.4 Å². The molecule has 0 aromatic rings. The van der Waals surface area contributed by atoms with Gasteiger partial charge in [0.05, 0.1) is 6.10 Å². The molecular formula is C11H18O6. The van der Waals surface area contributed by atoms with E-state index in [0.29, 0.717) is 0 Å². The van der Waals surface area contributed by atoms with Gasteiger partial charge in [-0.3, -0.25) is 0 Å². The predicted octanol–water partition coefficient (Wildman–Crippen LogP) is 0.175. The molecule has 4 atom stereocenters. The average molecular weight is 246 g/mol. The SMILES string of the molecule is CC(C)OC(=O)[C@H]1O[C@@H]2OC(C)(C)O[C@@H]2[C@H]1O. The first-order valence-electron chi connectivity index (χ1n) is 5.70. The van der Waals surface area contributed by atoms with E-state index in [9.17, 15) is 9.90 Å². The third kappa shape index (κ3) is 2.44. The number of esters is 1. The highest BCUT2D eigenvalue weighted by Gasteiger charge is 2.56. The quantitative estimate of drug-likeness (QED) is 0.700. The van der Waals surface area contributed by atoms with E-state index in [4.69, 9.17) is 18.9 Å². The van der Waals surface area contributed by atoms with E-state index in [-0.39, 0.29) is 6.10 Å². The van der Waals surface area contributed by atoms with Crippen molar-refractivity contribution in [1.29, 1.82) is 0 Å².